The van der Waals surface area contributed by atoms with Gasteiger partial charge in [0.15, 0.2) is 9.84 Å². The van der Waals surface area contributed by atoms with Gasteiger partial charge in [-0.25, -0.2) is 8.42 Å². The van der Waals surface area contributed by atoms with Gasteiger partial charge in [0.05, 0.1) is 11.9 Å². The Kier molecular flexibility index (Phi) is 3.64. The highest BCUT2D eigenvalue weighted by molar-refractivity contribution is 7.91. The maximum Gasteiger partial charge on any atom is 0.314 e. The Morgan fingerprint density at radius 1 is 1.30 bits per heavy atom. The quantitative estimate of drug-likeness (QED) is 0.840. The Hall–Kier alpha value is -1.40. The zero-order valence-electron chi connectivity index (χ0n) is 11.4. The fraction of sp³-hybridized carbons (Fsp3) is 0.500. The van der Waals surface area contributed by atoms with Crippen LogP contribution in [0.2, 0.25) is 0 Å². The smallest absolute Gasteiger partial charge is 0.314 e. The van der Waals surface area contributed by atoms with Crippen molar-refractivity contribution >= 4 is 15.8 Å². The lowest BCUT2D eigenvalue weighted by molar-refractivity contribution is -0.145. The maximum atomic E-state index is 11.8. The summed E-state index contributed by atoms with van der Waals surface area (Å²) in [6.45, 7) is 1.32. The van der Waals surface area contributed by atoms with Crippen LogP contribution < -0.4 is 0 Å². The zero-order chi connectivity index (χ0) is 15.1. The first-order chi connectivity index (χ1) is 9.29. The van der Waals surface area contributed by atoms with Crippen LogP contribution in [0.5, 0.6) is 0 Å². The molecule has 0 aromatic heterocycles. The van der Waals surface area contributed by atoms with E-state index >= 15 is 0 Å². The fourth-order valence-electron chi connectivity index (χ4n) is 2.98. The Bertz CT molecular complexity index is 619. The lowest BCUT2D eigenvalue weighted by atomic mass is 9.99. The fourth-order valence-corrected chi connectivity index (χ4v) is 4.88. The molecule has 0 spiro atoms. The summed E-state index contributed by atoms with van der Waals surface area (Å²) in [6.07, 6.45) is 1.87. The highest BCUT2D eigenvalue weighted by atomic mass is 32.2. The van der Waals surface area contributed by atoms with E-state index in [1.54, 1.807) is 12.1 Å². The van der Waals surface area contributed by atoms with E-state index in [0.29, 0.717) is 5.56 Å². The van der Waals surface area contributed by atoms with Crippen LogP contribution in [0.4, 0.5) is 0 Å². The first kappa shape index (κ1) is 15.0. The molecule has 110 valence electrons. The average Bonchev–Trinajstić information content (AvgIpc) is 3.09. The van der Waals surface area contributed by atoms with Gasteiger partial charge in [-0.2, -0.15) is 0 Å². The Morgan fingerprint density at radius 2 is 1.85 bits per heavy atom. The van der Waals surface area contributed by atoms with E-state index in [1.165, 1.54) is 0 Å². The maximum absolute atomic E-state index is 11.8. The van der Waals surface area contributed by atoms with Crippen LogP contribution in [0.25, 0.3) is 0 Å². The van der Waals surface area contributed by atoms with Crippen molar-refractivity contribution in [2.24, 2.45) is 5.41 Å². The van der Waals surface area contributed by atoms with E-state index < -0.39 is 39.0 Å². The Balaban J connectivity index is 2.46. The van der Waals surface area contributed by atoms with E-state index in [4.69, 9.17) is 0 Å². The Morgan fingerprint density at radius 3 is 2.15 bits per heavy atom. The van der Waals surface area contributed by atoms with Gasteiger partial charge in [0.1, 0.15) is 5.41 Å². The van der Waals surface area contributed by atoms with E-state index in [0.717, 1.165) is 18.2 Å². The number of carboxylic acids is 1. The van der Waals surface area contributed by atoms with Crippen molar-refractivity contribution in [1.82, 2.24) is 0 Å². The van der Waals surface area contributed by atoms with E-state index in [9.17, 15) is 23.4 Å². The lowest BCUT2D eigenvalue weighted by Gasteiger charge is -2.08. The summed E-state index contributed by atoms with van der Waals surface area (Å²) >= 11 is 0. The standard InChI is InChI=1S/C14H18O5S/c1-3-9-4-6-10(7-5-9)11-12(20(2,18)19)14(11,8-15)13(16)17/h4-7,11-12,15H,3,8H2,1-2H3,(H,16,17)/t11-,12+,14+/m1/s1. The predicted molar refractivity (Wildman–Crippen MR) is 74.3 cm³/mol. The van der Waals surface area contributed by atoms with Gasteiger partial charge in [-0.05, 0) is 17.5 Å². The van der Waals surface area contributed by atoms with Gasteiger partial charge in [0.2, 0.25) is 0 Å². The molecule has 3 atom stereocenters. The molecule has 0 heterocycles. The van der Waals surface area contributed by atoms with Gasteiger partial charge in [0, 0.05) is 12.2 Å². The molecule has 1 aliphatic carbocycles. The summed E-state index contributed by atoms with van der Waals surface area (Å²) in [6, 6.07) is 7.22. The van der Waals surface area contributed by atoms with Crippen molar-refractivity contribution in [2.75, 3.05) is 12.9 Å². The van der Waals surface area contributed by atoms with Gasteiger partial charge in [0.25, 0.3) is 0 Å². The number of sulfone groups is 1. The normalized spacial score (nSPS) is 29.1. The van der Waals surface area contributed by atoms with Crippen LogP contribution in [-0.4, -0.2) is 42.7 Å². The molecule has 0 bridgehead atoms. The van der Waals surface area contributed by atoms with Crippen LogP contribution in [0.3, 0.4) is 0 Å². The third kappa shape index (κ3) is 2.13. The van der Waals surface area contributed by atoms with Crippen LogP contribution in [0, 0.1) is 5.41 Å². The molecule has 1 aromatic carbocycles. The molecular weight excluding hydrogens is 280 g/mol. The molecule has 0 aliphatic heterocycles. The molecule has 5 nitrogen and oxygen atoms in total. The summed E-state index contributed by atoms with van der Waals surface area (Å²) in [4.78, 5) is 11.5. The number of carbonyl (C=O) groups is 1. The molecular formula is C14H18O5S. The predicted octanol–water partition coefficient (Wildman–Crippen LogP) is 0.823. The van der Waals surface area contributed by atoms with Crippen molar-refractivity contribution < 1.29 is 23.4 Å². The third-order valence-corrected chi connectivity index (χ3v) is 5.74. The molecule has 1 aromatic rings. The summed E-state index contributed by atoms with van der Waals surface area (Å²) in [7, 11) is -3.55. The van der Waals surface area contributed by atoms with Crippen molar-refractivity contribution in [3.05, 3.63) is 35.4 Å². The highest BCUT2D eigenvalue weighted by Crippen LogP contribution is 2.62. The van der Waals surface area contributed by atoms with Crippen LogP contribution in [-0.2, 0) is 21.1 Å². The van der Waals surface area contributed by atoms with Gasteiger partial charge in [-0.15, -0.1) is 0 Å². The molecule has 6 heteroatoms. The topological polar surface area (TPSA) is 91.7 Å². The van der Waals surface area contributed by atoms with Gasteiger partial charge >= 0.3 is 5.97 Å². The highest BCUT2D eigenvalue weighted by Gasteiger charge is 2.74. The molecule has 20 heavy (non-hydrogen) atoms. The van der Waals surface area contributed by atoms with E-state index in [2.05, 4.69) is 0 Å². The molecule has 2 rings (SSSR count). The first-order valence-corrected chi connectivity index (χ1v) is 8.36. The first-order valence-electron chi connectivity index (χ1n) is 6.41. The molecule has 2 N–H and O–H groups in total. The van der Waals surface area contributed by atoms with Gasteiger partial charge in [-0.1, -0.05) is 31.2 Å². The molecule has 0 radical (unpaired) electrons. The van der Waals surface area contributed by atoms with Gasteiger partial charge in [-0.3, -0.25) is 4.79 Å². The molecule has 1 saturated carbocycles. The largest absolute Gasteiger partial charge is 0.481 e. The number of carboxylic acid groups (broad SMARTS) is 1. The van der Waals surface area contributed by atoms with Crippen molar-refractivity contribution in [3.63, 3.8) is 0 Å². The second-order valence-corrected chi connectivity index (χ2v) is 7.49. The number of aliphatic hydroxyl groups is 1. The number of benzene rings is 1. The number of aryl methyl sites for hydroxylation is 1. The summed E-state index contributed by atoms with van der Waals surface area (Å²) in [5, 5.41) is 17.7. The van der Waals surface area contributed by atoms with Crippen LogP contribution in [0.15, 0.2) is 24.3 Å². The van der Waals surface area contributed by atoms with Crippen molar-refractivity contribution in [1.29, 1.82) is 0 Å². The van der Waals surface area contributed by atoms with Crippen molar-refractivity contribution in [2.45, 2.75) is 24.5 Å². The molecule has 0 saturated heterocycles. The molecule has 0 amide bonds. The second kappa shape index (κ2) is 4.86. The average molecular weight is 298 g/mol. The zero-order valence-corrected chi connectivity index (χ0v) is 12.2. The Labute approximate surface area is 118 Å². The minimum atomic E-state index is -3.55. The summed E-state index contributed by atoms with van der Waals surface area (Å²) in [5.74, 6) is -1.95. The van der Waals surface area contributed by atoms with Gasteiger partial charge < -0.3 is 10.2 Å². The SMILES string of the molecule is CCc1ccc([C@@H]2[C@H](S(C)(=O)=O)[C@@]2(CO)C(=O)O)cc1. The number of aliphatic carboxylic acids is 1. The lowest BCUT2D eigenvalue weighted by Crippen LogP contribution is -2.27. The molecule has 1 fully saturated rings. The monoisotopic (exact) mass is 298 g/mol. The molecule has 1 aliphatic rings. The molecule has 0 unspecified atom stereocenters. The number of rotatable bonds is 5. The van der Waals surface area contributed by atoms with Crippen molar-refractivity contribution in [3.8, 4) is 0 Å². The summed E-state index contributed by atoms with van der Waals surface area (Å²) < 4.78 is 23.6. The third-order valence-electron chi connectivity index (χ3n) is 4.12. The minimum Gasteiger partial charge on any atom is -0.481 e. The van der Waals surface area contributed by atoms with Crippen LogP contribution in [0.1, 0.15) is 24.0 Å². The number of hydrogen-bond donors (Lipinski definition) is 2. The second-order valence-electron chi connectivity index (χ2n) is 5.33. The van der Waals surface area contributed by atoms with E-state index in [1.807, 2.05) is 19.1 Å². The number of hydrogen-bond acceptors (Lipinski definition) is 4. The van der Waals surface area contributed by atoms with E-state index in [-0.39, 0.29) is 0 Å². The summed E-state index contributed by atoms with van der Waals surface area (Å²) in [5.41, 5.74) is 0.130. The minimum absolute atomic E-state index is 0.647. The number of aliphatic hydroxyl groups excluding tert-OH is 1. The van der Waals surface area contributed by atoms with Crippen LogP contribution >= 0.6 is 0 Å².